The third-order valence-electron chi connectivity index (χ3n) is 4.48. The predicted octanol–water partition coefficient (Wildman–Crippen LogP) is 3.07. The fourth-order valence-electron chi connectivity index (χ4n) is 2.99. The van der Waals surface area contributed by atoms with Crippen molar-refractivity contribution in [2.45, 2.75) is 20.3 Å². The highest BCUT2D eigenvalue weighted by molar-refractivity contribution is 7.29. The van der Waals surface area contributed by atoms with E-state index in [2.05, 4.69) is 39.3 Å². The van der Waals surface area contributed by atoms with Crippen molar-refractivity contribution in [3.8, 4) is 0 Å². The van der Waals surface area contributed by atoms with Gasteiger partial charge in [-0.3, -0.25) is 4.79 Å². The summed E-state index contributed by atoms with van der Waals surface area (Å²) in [6, 6.07) is 1.98. The number of thiophene rings is 1. The quantitative estimate of drug-likeness (QED) is 0.601. The molecular formula is C17H29Cl2N5OS2. The van der Waals surface area contributed by atoms with Crippen LogP contribution in [-0.2, 0) is 0 Å². The van der Waals surface area contributed by atoms with Crippen LogP contribution >= 0.6 is 47.5 Å². The van der Waals surface area contributed by atoms with Crippen molar-refractivity contribution in [1.29, 1.82) is 0 Å². The minimum Gasteiger partial charge on any atom is -0.351 e. The van der Waals surface area contributed by atoms with Crippen molar-refractivity contribution >= 4 is 68.1 Å². The van der Waals surface area contributed by atoms with Crippen LogP contribution in [0.25, 0.3) is 9.53 Å². The van der Waals surface area contributed by atoms with Crippen LogP contribution in [0.4, 0.5) is 5.13 Å². The van der Waals surface area contributed by atoms with E-state index in [0.717, 1.165) is 78.3 Å². The molecule has 154 valence electrons. The van der Waals surface area contributed by atoms with E-state index >= 15 is 0 Å². The number of anilines is 1. The Balaban J connectivity index is 0.00000182. The van der Waals surface area contributed by atoms with Crippen molar-refractivity contribution in [3.63, 3.8) is 0 Å². The topological polar surface area (TPSA) is 60.5 Å². The highest BCUT2D eigenvalue weighted by Crippen LogP contribution is 2.34. The van der Waals surface area contributed by atoms with Gasteiger partial charge in [0.15, 0.2) is 5.13 Å². The Kier molecular flexibility index (Phi) is 10.9. The summed E-state index contributed by atoms with van der Waals surface area (Å²) < 4.78 is 1.11. The number of amides is 1. The molecule has 0 unspecified atom stereocenters. The highest BCUT2D eigenvalue weighted by atomic mass is 35.5. The van der Waals surface area contributed by atoms with Gasteiger partial charge in [-0.25, -0.2) is 4.98 Å². The molecule has 1 aliphatic heterocycles. The first-order valence-electron chi connectivity index (χ1n) is 9.07. The number of fused-ring (bicyclic) bond motifs is 1. The second-order valence-corrected chi connectivity index (χ2v) is 8.19. The van der Waals surface area contributed by atoms with Gasteiger partial charge in [-0.15, -0.1) is 36.2 Å². The molecule has 0 saturated carbocycles. The fraction of sp³-hybridized carbons (Fsp3) is 0.647. The Labute approximate surface area is 181 Å². The monoisotopic (exact) mass is 453 g/mol. The maximum atomic E-state index is 12.3. The smallest absolute Gasteiger partial charge is 0.261 e. The lowest BCUT2D eigenvalue weighted by Gasteiger charge is -2.27. The largest absolute Gasteiger partial charge is 0.351 e. The van der Waals surface area contributed by atoms with Crippen molar-refractivity contribution in [2.24, 2.45) is 0 Å². The van der Waals surface area contributed by atoms with Gasteiger partial charge in [0.2, 0.25) is 0 Å². The molecule has 0 radical (unpaired) electrons. The zero-order valence-corrected chi connectivity index (χ0v) is 19.1. The summed E-state index contributed by atoms with van der Waals surface area (Å²) in [4.78, 5) is 23.4. The minimum absolute atomic E-state index is 0. The van der Waals surface area contributed by atoms with Gasteiger partial charge in [0.25, 0.3) is 5.91 Å². The van der Waals surface area contributed by atoms with Crippen molar-refractivity contribution in [3.05, 3.63) is 10.9 Å². The molecule has 0 bridgehead atoms. The van der Waals surface area contributed by atoms with E-state index in [1.54, 1.807) is 11.3 Å². The predicted molar refractivity (Wildman–Crippen MR) is 122 cm³/mol. The molecule has 2 aromatic rings. The molecular weight excluding hydrogens is 425 g/mol. The fourth-order valence-corrected chi connectivity index (χ4v) is 5.25. The molecule has 0 spiro atoms. The average molecular weight is 454 g/mol. The lowest BCUT2D eigenvalue weighted by atomic mass is 10.3. The van der Waals surface area contributed by atoms with Crippen LogP contribution in [0.1, 0.15) is 29.9 Å². The number of halogens is 2. The van der Waals surface area contributed by atoms with Gasteiger partial charge in [0.05, 0.1) is 9.58 Å². The number of hydrogen-bond donors (Lipinski definition) is 2. The number of carbonyl (C=O) groups is 1. The summed E-state index contributed by atoms with van der Waals surface area (Å²) >= 11 is 3.17. The average Bonchev–Trinajstić information content (AvgIpc) is 3.20. The number of rotatable bonds is 8. The Morgan fingerprint density at radius 3 is 2.59 bits per heavy atom. The zero-order valence-electron chi connectivity index (χ0n) is 15.8. The summed E-state index contributed by atoms with van der Waals surface area (Å²) in [7, 11) is 0. The molecule has 1 amide bonds. The van der Waals surface area contributed by atoms with Gasteiger partial charge >= 0.3 is 0 Å². The van der Waals surface area contributed by atoms with E-state index in [1.165, 1.54) is 11.3 Å². The molecule has 0 aliphatic carbocycles. The molecule has 2 N–H and O–H groups in total. The van der Waals surface area contributed by atoms with Crippen molar-refractivity contribution in [2.75, 3.05) is 57.3 Å². The van der Waals surface area contributed by atoms with Gasteiger partial charge in [-0.05, 0) is 32.9 Å². The number of thiazole rings is 1. The summed E-state index contributed by atoms with van der Waals surface area (Å²) in [5.74, 6) is 0.0277. The molecule has 27 heavy (non-hydrogen) atoms. The molecule has 0 aromatic carbocycles. The lowest BCUT2D eigenvalue weighted by molar-refractivity contribution is 0.0955. The van der Waals surface area contributed by atoms with Crippen LogP contribution in [0.2, 0.25) is 0 Å². The van der Waals surface area contributed by atoms with Gasteiger partial charge in [0, 0.05) is 45.8 Å². The van der Waals surface area contributed by atoms with Crippen LogP contribution in [0, 0.1) is 0 Å². The molecule has 1 aliphatic rings. The number of aromatic nitrogens is 1. The van der Waals surface area contributed by atoms with Crippen LogP contribution in [-0.4, -0.2) is 68.1 Å². The number of nitrogens with one attached hydrogen (secondary N) is 2. The van der Waals surface area contributed by atoms with Gasteiger partial charge in [-0.1, -0.05) is 11.3 Å². The van der Waals surface area contributed by atoms with Crippen molar-refractivity contribution < 1.29 is 4.79 Å². The first-order chi connectivity index (χ1) is 12.2. The molecule has 1 saturated heterocycles. The van der Waals surface area contributed by atoms with Gasteiger partial charge < -0.3 is 20.4 Å². The van der Waals surface area contributed by atoms with E-state index in [0.29, 0.717) is 0 Å². The number of piperazine rings is 1. The molecule has 0 atom stereocenters. The maximum absolute atomic E-state index is 12.3. The van der Waals surface area contributed by atoms with Crippen LogP contribution in [0.15, 0.2) is 6.07 Å². The van der Waals surface area contributed by atoms with E-state index in [-0.39, 0.29) is 30.7 Å². The Hall–Kier alpha value is -0.640. The summed E-state index contributed by atoms with van der Waals surface area (Å²) in [6.45, 7) is 12.3. The zero-order chi connectivity index (χ0) is 17.6. The van der Waals surface area contributed by atoms with E-state index < -0.39 is 0 Å². The number of hydrogen-bond acceptors (Lipinski definition) is 7. The Morgan fingerprint density at radius 1 is 1.26 bits per heavy atom. The van der Waals surface area contributed by atoms with E-state index in [9.17, 15) is 4.79 Å². The molecule has 2 aromatic heterocycles. The lowest BCUT2D eigenvalue weighted by Crippen LogP contribution is -2.44. The molecule has 3 heterocycles. The number of carbonyl (C=O) groups excluding carboxylic acids is 1. The third kappa shape index (κ3) is 6.44. The summed E-state index contributed by atoms with van der Waals surface area (Å²) in [6.07, 6.45) is 0.996. The SMILES string of the molecule is CCN(CC)c1nc2sc(C(=O)NCCCN3CCNCC3)cc2s1.Cl.Cl. The van der Waals surface area contributed by atoms with Crippen molar-refractivity contribution in [1.82, 2.24) is 20.5 Å². The first kappa shape index (κ1) is 24.4. The van der Waals surface area contributed by atoms with Crippen LogP contribution < -0.4 is 15.5 Å². The van der Waals surface area contributed by atoms with E-state index in [1.807, 2.05) is 6.07 Å². The maximum Gasteiger partial charge on any atom is 0.261 e. The first-order valence-corrected chi connectivity index (χ1v) is 10.7. The Morgan fingerprint density at radius 2 is 1.96 bits per heavy atom. The van der Waals surface area contributed by atoms with Crippen LogP contribution in [0.5, 0.6) is 0 Å². The normalized spacial score (nSPS) is 14.4. The van der Waals surface area contributed by atoms with E-state index in [4.69, 9.17) is 0 Å². The standard InChI is InChI=1S/C17H27N5OS2.2ClH/c1-3-22(4-2)17-20-16-14(25-17)12-13(24-16)15(23)19-6-5-9-21-10-7-18-8-11-21;;/h12,18H,3-11H2,1-2H3,(H,19,23);2*1H. The van der Waals surface area contributed by atoms with Crippen LogP contribution in [0.3, 0.4) is 0 Å². The molecule has 1 fully saturated rings. The molecule has 3 rings (SSSR count). The second kappa shape index (κ2) is 12.0. The second-order valence-electron chi connectivity index (χ2n) is 6.15. The van der Waals surface area contributed by atoms with Gasteiger partial charge in [0.1, 0.15) is 4.83 Å². The van der Waals surface area contributed by atoms with Gasteiger partial charge in [-0.2, -0.15) is 0 Å². The molecule has 6 nitrogen and oxygen atoms in total. The number of nitrogens with zero attached hydrogens (tertiary/aromatic N) is 3. The Bertz CT molecular complexity index is 667. The highest BCUT2D eigenvalue weighted by Gasteiger charge is 2.16. The summed E-state index contributed by atoms with van der Waals surface area (Å²) in [5, 5.41) is 7.45. The minimum atomic E-state index is 0. The third-order valence-corrected chi connectivity index (χ3v) is 6.70. The molecule has 10 heteroatoms. The summed E-state index contributed by atoms with van der Waals surface area (Å²) in [5.41, 5.74) is 0.